The Balaban J connectivity index is 2.49. The van der Waals surface area contributed by atoms with Gasteiger partial charge in [-0.1, -0.05) is 0 Å². The fraction of sp³-hybridized carbons (Fsp3) is 0.667. The van der Waals surface area contributed by atoms with E-state index in [4.69, 9.17) is 9.47 Å². The number of aromatic nitrogens is 1. The second-order valence-electron chi connectivity index (χ2n) is 4.77. The van der Waals surface area contributed by atoms with Crippen LogP contribution in [0.1, 0.15) is 18.1 Å². The first-order valence-corrected chi connectivity index (χ1v) is 7.13. The summed E-state index contributed by atoms with van der Waals surface area (Å²) in [7, 11) is 3.76. The zero-order valence-electron chi connectivity index (χ0n) is 13.1. The largest absolute Gasteiger partial charge is 0.383 e. The minimum absolute atomic E-state index is 0.727. The summed E-state index contributed by atoms with van der Waals surface area (Å²) >= 11 is 0. The predicted octanol–water partition coefficient (Wildman–Crippen LogP) is 1.60. The van der Waals surface area contributed by atoms with Gasteiger partial charge >= 0.3 is 0 Å². The Labute approximate surface area is 122 Å². The molecule has 0 aromatic carbocycles. The number of aryl methyl sites for hydroxylation is 1. The van der Waals surface area contributed by atoms with Crippen molar-refractivity contribution in [3.63, 3.8) is 0 Å². The highest BCUT2D eigenvalue weighted by molar-refractivity contribution is 5.46. The van der Waals surface area contributed by atoms with E-state index in [-0.39, 0.29) is 0 Å². The van der Waals surface area contributed by atoms with E-state index >= 15 is 0 Å². The second-order valence-corrected chi connectivity index (χ2v) is 4.77. The van der Waals surface area contributed by atoms with Gasteiger partial charge in [-0.2, -0.15) is 0 Å². The van der Waals surface area contributed by atoms with Crippen molar-refractivity contribution < 1.29 is 9.47 Å². The van der Waals surface area contributed by atoms with E-state index in [9.17, 15) is 0 Å². The zero-order chi connectivity index (χ0) is 14.8. The molecule has 0 fully saturated rings. The van der Waals surface area contributed by atoms with Crippen LogP contribution in [0.2, 0.25) is 0 Å². The number of nitrogens with zero attached hydrogens (tertiary/aromatic N) is 2. The lowest BCUT2D eigenvalue weighted by atomic mass is 10.2. The molecule has 0 aliphatic rings. The Hall–Kier alpha value is -1.17. The molecule has 1 N–H and O–H groups in total. The summed E-state index contributed by atoms with van der Waals surface area (Å²) in [6, 6.07) is 2.18. The Bertz CT molecular complexity index is 385. The lowest BCUT2D eigenvalue weighted by molar-refractivity contribution is 0.154. The summed E-state index contributed by atoms with van der Waals surface area (Å²) < 4.78 is 10.4. The van der Waals surface area contributed by atoms with Crippen molar-refractivity contribution in [2.45, 2.75) is 20.4 Å². The van der Waals surface area contributed by atoms with Crippen molar-refractivity contribution in [2.24, 2.45) is 0 Å². The second kappa shape index (κ2) is 9.69. The van der Waals surface area contributed by atoms with Crippen LogP contribution in [0.4, 0.5) is 5.82 Å². The minimum Gasteiger partial charge on any atom is -0.383 e. The molecule has 0 radical (unpaired) electrons. The van der Waals surface area contributed by atoms with Crippen molar-refractivity contribution in [3.8, 4) is 0 Å². The van der Waals surface area contributed by atoms with Crippen molar-refractivity contribution in [3.05, 3.63) is 23.4 Å². The first kappa shape index (κ1) is 16.9. The van der Waals surface area contributed by atoms with E-state index in [0.29, 0.717) is 0 Å². The summed E-state index contributed by atoms with van der Waals surface area (Å²) in [5.41, 5.74) is 2.38. The fourth-order valence-corrected chi connectivity index (χ4v) is 1.98. The van der Waals surface area contributed by atoms with Crippen LogP contribution < -0.4 is 10.2 Å². The maximum absolute atomic E-state index is 5.37. The van der Waals surface area contributed by atoms with E-state index in [1.807, 2.05) is 20.2 Å². The van der Waals surface area contributed by atoms with Gasteiger partial charge in [0.15, 0.2) is 0 Å². The Morgan fingerprint density at radius 1 is 1.35 bits per heavy atom. The predicted molar refractivity (Wildman–Crippen MR) is 82.3 cm³/mol. The number of hydrogen-bond donors (Lipinski definition) is 1. The third-order valence-electron chi connectivity index (χ3n) is 3.06. The van der Waals surface area contributed by atoms with E-state index in [2.05, 4.69) is 28.2 Å². The standard InChI is InChI=1S/C15H27N3O2/c1-5-20-9-7-18(3)15-13(2)10-14(12-17-15)11-16-6-8-19-4/h10,12,16H,5-9,11H2,1-4H3. The van der Waals surface area contributed by atoms with Gasteiger partial charge in [0.25, 0.3) is 0 Å². The van der Waals surface area contributed by atoms with Crippen LogP contribution in [-0.4, -0.2) is 52.1 Å². The van der Waals surface area contributed by atoms with E-state index in [1.165, 1.54) is 11.1 Å². The first-order chi connectivity index (χ1) is 9.69. The molecule has 1 heterocycles. The summed E-state index contributed by atoms with van der Waals surface area (Å²) in [6.45, 7) is 8.84. The third-order valence-corrected chi connectivity index (χ3v) is 3.06. The van der Waals surface area contributed by atoms with Crippen LogP contribution in [0.5, 0.6) is 0 Å². The SMILES string of the molecule is CCOCCN(C)c1ncc(CNCCOC)cc1C. The van der Waals surface area contributed by atoms with Crippen molar-refractivity contribution in [1.29, 1.82) is 0 Å². The van der Waals surface area contributed by atoms with Gasteiger partial charge in [0.1, 0.15) is 5.82 Å². The number of rotatable bonds is 10. The quantitative estimate of drug-likeness (QED) is 0.660. The maximum atomic E-state index is 5.37. The van der Waals surface area contributed by atoms with Crippen molar-refractivity contribution in [1.82, 2.24) is 10.3 Å². The van der Waals surface area contributed by atoms with Gasteiger partial charge in [-0.15, -0.1) is 0 Å². The molecule has 0 unspecified atom stereocenters. The van der Waals surface area contributed by atoms with Crippen LogP contribution in [0.25, 0.3) is 0 Å². The molecule has 0 saturated heterocycles. The molecule has 0 atom stereocenters. The number of hydrogen-bond acceptors (Lipinski definition) is 5. The van der Waals surface area contributed by atoms with Gasteiger partial charge in [0.2, 0.25) is 0 Å². The lowest BCUT2D eigenvalue weighted by Crippen LogP contribution is -2.24. The number of anilines is 1. The molecule has 5 heteroatoms. The summed E-state index contributed by atoms with van der Waals surface area (Å²) in [5.74, 6) is 1.02. The van der Waals surface area contributed by atoms with Crippen LogP contribution in [0, 0.1) is 6.92 Å². The number of nitrogens with one attached hydrogen (secondary N) is 1. The smallest absolute Gasteiger partial charge is 0.131 e. The highest BCUT2D eigenvalue weighted by atomic mass is 16.5. The summed E-state index contributed by atoms with van der Waals surface area (Å²) in [4.78, 5) is 6.69. The third kappa shape index (κ3) is 5.86. The highest BCUT2D eigenvalue weighted by Crippen LogP contribution is 2.16. The van der Waals surface area contributed by atoms with Gasteiger partial charge in [-0.05, 0) is 31.0 Å². The highest BCUT2D eigenvalue weighted by Gasteiger charge is 2.07. The van der Waals surface area contributed by atoms with E-state index in [1.54, 1.807) is 7.11 Å². The monoisotopic (exact) mass is 281 g/mol. The molecule has 0 spiro atoms. The molecule has 1 aromatic heterocycles. The van der Waals surface area contributed by atoms with Gasteiger partial charge in [-0.25, -0.2) is 4.98 Å². The zero-order valence-corrected chi connectivity index (χ0v) is 13.1. The van der Waals surface area contributed by atoms with E-state index < -0.39 is 0 Å². The molecule has 5 nitrogen and oxygen atoms in total. The molecule has 0 aliphatic heterocycles. The molecule has 114 valence electrons. The van der Waals surface area contributed by atoms with Gasteiger partial charge in [-0.3, -0.25) is 0 Å². The van der Waals surface area contributed by atoms with Crippen molar-refractivity contribution in [2.75, 3.05) is 52.0 Å². The summed E-state index contributed by atoms with van der Waals surface area (Å²) in [6.07, 6.45) is 1.93. The summed E-state index contributed by atoms with van der Waals surface area (Å²) in [5, 5.41) is 3.32. The van der Waals surface area contributed by atoms with E-state index in [0.717, 1.165) is 45.3 Å². The van der Waals surface area contributed by atoms with Crippen LogP contribution in [0.15, 0.2) is 12.3 Å². The van der Waals surface area contributed by atoms with Crippen LogP contribution >= 0.6 is 0 Å². The minimum atomic E-state index is 0.727. The molecule has 0 amide bonds. The topological polar surface area (TPSA) is 46.6 Å². The molecule has 0 aliphatic carbocycles. The van der Waals surface area contributed by atoms with Gasteiger partial charge in [0.05, 0.1) is 13.2 Å². The Morgan fingerprint density at radius 2 is 2.15 bits per heavy atom. The molecule has 0 bridgehead atoms. The van der Waals surface area contributed by atoms with Crippen LogP contribution in [-0.2, 0) is 16.0 Å². The molecule has 1 aromatic rings. The normalized spacial score (nSPS) is 10.8. The molecule has 20 heavy (non-hydrogen) atoms. The van der Waals surface area contributed by atoms with Gasteiger partial charge < -0.3 is 19.7 Å². The Morgan fingerprint density at radius 3 is 2.80 bits per heavy atom. The van der Waals surface area contributed by atoms with Crippen molar-refractivity contribution >= 4 is 5.82 Å². The maximum Gasteiger partial charge on any atom is 0.131 e. The molecule has 0 saturated carbocycles. The molecule has 1 rings (SSSR count). The average molecular weight is 281 g/mol. The number of ether oxygens (including phenoxy) is 2. The molecular weight excluding hydrogens is 254 g/mol. The van der Waals surface area contributed by atoms with Crippen LogP contribution in [0.3, 0.4) is 0 Å². The fourth-order valence-electron chi connectivity index (χ4n) is 1.98. The number of methoxy groups -OCH3 is 1. The molecular formula is C15H27N3O2. The lowest BCUT2D eigenvalue weighted by Gasteiger charge is -2.20. The number of likely N-dealkylation sites (N-methyl/N-ethyl adjacent to an activating group) is 1. The van der Waals surface area contributed by atoms with Gasteiger partial charge in [0, 0.05) is 46.6 Å². The Kier molecular flexibility index (Phi) is 8.18. The first-order valence-electron chi connectivity index (χ1n) is 7.13. The average Bonchev–Trinajstić information content (AvgIpc) is 2.44. The number of pyridine rings is 1.